The summed E-state index contributed by atoms with van der Waals surface area (Å²) in [6.45, 7) is 4.51. The van der Waals surface area contributed by atoms with E-state index in [1.54, 1.807) is 6.07 Å². The van der Waals surface area contributed by atoms with Gasteiger partial charge in [-0.1, -0.05) is 12.1 Å². The van der Waals surface area contributed by atoms with Crippen LogP contribution in [0.1, 0.15) is 12.1 Å². The Morgan fingerprint density at radius 3 is 2.56 bits per heavy atom. The summed E-state index contributed by atoms with van der Waals surface area (Å²) in [5.41, 5.74) is 1.34. The van der Waals surface area contributed by atoms with E-state index in [0.717, 1.165) is 44.3 Å². The molecule has 1 aromatic heterocycles. The fourth-order valence-corrected chi connectivity index (χ4v) is 4.89. The lowest BCUT2D eigenvalue weighted by Crippen LogP contribution is -2.59. The second-order valence-corrected chi connectivity index (χ2v) is 7.96. The maximum atomic E-state index is 14.0. The summed E-state index contributed by atoms with van der Waals surface area (Å²) < 4.78 is 14.0. The van der Waals surface area contributed by atoms with Gasteiger partial charge >= 0.3 is 0 Å². The molecule has 3 heterocycles. The Morgan fingerprint density at radius 1 is 1.11 bits per heavy atom. The van der Waals surface area contributed by atoms with E-state index in [9.17, 15) is 14.6 Å². The monoisotopic (exact) mass is 392 g/mol. The van der Waals surface area contributed by atoms with E-state index in [1.807, 2.05) is 17.5 Å². The molecule has 0 spiro atoms. The van der Waals surface area contributed by atoms with Crippen molar-refractivity contribution in [2.24, 2.45) is 0 Å². The number of nitrogens with zero attached hydrogens (tertiary/aromatic N) is 4. The lowest BCUT2D eigenvalue weighted by molar-refractivity contribution is 0.0338. The van der Waals surface area contributed by atoms with Crippen molar-refractivity contribution in [3.63, 3.8) is 0 Å². The number of aromatic nitrogens is 1. The Kier molecular flexibility index (Phi) is 5.58. The third kappa shape index (κ3) is 3.94. The summed E-state index contributed by atoms with van der Waals surface area (Å²) in [7, 11) is 0. The topological polar surface area (TPSA) is 63.1 Å². The summed E-state index contributed by atoms with van der Waals surface area (Å²) in [4.78, 5) is 10.9. The number of anilines is 2. The zero-order valence-electron chi connectivity index (χ0n) is 15.2. The van der Waals surface area contributed by atoms with Crippen LogP contribution in [-0.4, -0.2) is 71.5 Å². The molecule has 6 nitrogen and oxygen atoms in total. The van der Waals surface area contributed by atoms with Crippen molar-refractivity contribution >= 4 is 22.2 Å². The molecule has 2 N–H and O–H groups in total. The predicted molar refractivity (Wildman–Crippen MR) is 105 cm³/mol. The average molecular weight is 393 g/mol. The first kappa shape index (κ1) is 18.6. The molecule has 2 saturated heterocycles. The van der Waals surface area contributed by atoms with Gasteiger partial charge in [-0.05, 0) is 18.6 Å². The molecule has 2 aliphatic rings. The minimum absolute atomic E-state index is 0.0538. The third-order valence-electron chi connectivity index (χ3n) is 5.49. The number of piperidine rings is 1. The number of benzene rings is 1. The summed E-state index contributed by atoms with van der Waals surface area (Å²) >= 11 is 1.51. The molecule has 2 aromatic rings. The molecule has 0 bridgehead atoms. The standard InChI is InChI=1S/C19H25FN4O2S/c20-15-3-1-2-4-16(15)22-7-9-23(10-8-22)17-5-6-24(11-18(17)26)19-21-14(12-25)13-27-19/h1-4,13,17-18,25-26H,5-12H2/t17-,18-/m1/s1. The molecule has 8 heteroatoms. The van der Waals surface area contributed by atoms with Gasteiger partial charge in [0.1, 0.15) is 5.82 Å². The molecule has 0 saturated carbocycles. The van der Waals surface area contributed by atoms with E-state index in [-0.39, 0.29) is 18.5 Å². The lowest BCUT2D eigenvalue weighted by atomic mass is 9.99. The Bertz CT molecular complexity index is 766. The number of thiazole rings is 1. The normalized spacial score (nSPS) is 24.4. The molecule has 0 unspecified atom stereocenters. The number of para-hydroxylation sites is 1. The summed E-state index contributed by atoms with van der Waals surface area (Å²) in [6, 6.07) is 7.03. The molecule has 0 radical (unpaired) electrons. The molecular weight excluding hydrogens is 367 g/mol. The molecule has 2 aliphatic heterocycles. The van der Waals surface area contributed by atoms with Gasteiger partial charge in [-0.25, -0.2) is 9.37 Å². The Hall–Kier alpha value is -1.74. The number of aliphatic hydroxyl groups excluding tert-OH is 2. The Balaban J connectivity index is 1.33. The molecule has 2 atom stereocenters. The van der Waals surface area contributed by atoms with Gasteiger partial charge in [-0.15, -0.1) is 11.3 Å². The van der Waals surface area contributed by atoms with Crippen LogP contribution in [0.25, 0.3) is 0 Å². The Morgan fingerprint density at radius 2 is 1.89 bits per heavy atom. The van der Waals surface area contributed by atoms with Crippen LogP contribution in [0.2, 0.25) is 0 Å². The van der Waals surface area contributed by atoms with Crippen molar-refractivity contribution in [2.75, 3.05) is 49.1 Å². The van der Waals surface area contributed by atoms with Gasteiger partial charge in [0, 0.05) is 50.7 Å². The van der Waals surface area contributed by atoms with E-state index >= 15 is 0 Å². The van der Waals surface area contributed by atoms with Crippen molar-refractivity contribution in [3.05, 3.63) is 41.2 Å². The third-order valence-corrected chi connectivity index (χ3v) is 6.45. The van der Waals surface area contributed by atoms with Gasteiger partial charge in [-0.2, -0.15) is 0 Å². The van der Waals surface area contributed by atoms with E-state index in [1.165, 1.54) is 17.4 Å². The second-order valence-electron chi connectivity index (χ2n) is 7.12. The molecule has 146 valence electrons. The van der Waals surface area contributed by atoms with Crippen LogP contribution >= 0.6 is 11.3 Å². The minimum atomic E-state index is -0.444. The van der Waals surface area contributed by atoms with E-state index < -0.39 is 6.10 Å². The summed E-state index contributed by atoms with van der Waals surface area (Å²) in [6.07, 6.45) is 0.426. The number of rotatable bonds is 4. The van der Waals surface area contributed by atoms with Crippen LogP contribution in [0.15, 0.2) is 29.6 Å². The smallest absolute Gasteiger partial charge is 0.185 e. The number of hydrogen-bond acceptors (Lipinski definition) is 7. The first-order chi connectivity index (χ1) is 13.2. The molecule has 2 fully saturated rings. The number of β-amino-alcohol motifs (C(OH)–C–C–N with tert-alkyl or cyclic N) is 1. The van der Waals surface area contributed by atoms with Gasteiger partial charge in [0.05, 0.1) is 24.1 Å². The van der Waals surface area contributed by atoms with Crippen molar-refractivity contribution in [2.45, 2.75) is 25.2 Å². The zero-order valence-corrected chi connectivity index (χ0v) is 16.0. The van der Waals surface area contributed by atoms with Gasteiger partial charge in [0.2, 0.25) is 0 Å². The predicted octanol–water partition coefficient (Wildman–Crippen LogP) is 1.54. The molecule has 4 rings (SSSR count). The zero-order chi connectivity index (χ0) is 18.8. The highest BCUT2D eigenvalue weighted by Crippen LogP contribution is 2.27. The summed E-state index contributed by atoms with van der Waals surface area (Å²) in [5.74, 6) is -0.176. The van der Waals surface area contributed by atoms with Crippen molar-refractivity contribution < 1.29 is 14.6 Å². The van der Waals surface area contributed by atoms with Gasteiger partial charge in [0.15, 0.2) is 5.13 Å². The molecule has 1 aromatic carbocycles. The average Bonchev–Trinajstić information content (AvgIpc) is 3.18. The van der Waals surface area contributed by atoms with Gasteiger partial charge < -0.3 is 20.0 Å². The van der Waals surface area contributed by atoms with E-state index in [0.29, 0.717) is 17.9 Å². The SMILES string of the molecule is OCc1csc(N2CC[C@@H](N3CCN(c4ccccc4F)CC3)[C@H](O)C2)n1. The highest BCUT2D eigenvalue weighted by Gasteiger charge is 2.34. The largest absolute Gasteiger partial charge is 0.390 e. The Labute approximate surface area is 162 Å². The van der Waals surface area contributed by atoms with E-state index in [4.69, 9.17) is 0 Å². The number of hydrogen-bond donors (Lipinski definition) is 2. The van der Waals surface area contributed by atoms with Crippen molar-refractivity contribution in [3.8, 4) is 0 Å². The molecule has 0 amide bonds. The fraction of sp³-hybridized carbons (Fsp3) is 0.526. The van der Waals surface area contributed by atoms with Crippen LogP contribution in [0.3, 0.4) is 0 Å². The first-order valence-electron chi connectivity index (χ1n) is 9.37. The van der Waals surface area contributed by atoms with Gasteiger partial charge in [-0.3, -0.25) is 4.90 Å². The molecular formula is C19H25FN4O2S. The first-order valence-corrected chi connectivity index (χ1v) is 10.3. The van der Waals surface area contributed by atoms with Crippen molar-refractivity contribution in [1.82, 2.24) is 9.88 Å². The highest BCUT2D eigenvalue weighted by molar-refractivity contribution is 7.13. The molecule has 27 heavy (non-hydrogen) atoms. The fourth-order valence-electron chi connectivity index (χ4n) is 4.04. The van der Waals surface area contributed by atoms with Crippen molar-refractivity contribution in [1.29, 1.82) is 0 Å². The number of halogens is 1. The highest BCUT2D eigenvalue weighted by atomic mass is 32.1. The number of piperazine rings is 1. The van der Waals surface area contributed by atoms with Crippen LogP contribution < -0.4 is 9.80 Å². The lowest BCUT2D eigenvalue weighted by Gasteiger charge is -2.45. The minimum Gasteiger partial charge on any atom is -0.390 e. The maximum absolute atomic E-state index is 14.0. The van der Waals surface area contributed by atoms with Crippen LogP contribution in [-0.2, 0) is 6.61 Å². The quantitative estimate of drug-likeness (QED) is 0.823. The molecule has 0 aliphatic carbocycles. The summed E-state index contributed by atoms with van der Waals surface area (Å²) in [5, 5.41) is 22.6. The number of aliphatic hydroxyl groups is 2. The van der Waals surface area contributed by atoms with Crippen LogP contribution in [0.4, 0.5) is 15.2 Å². The van der Waals surface area contributed by atoms with E-state index in [2.05, 4.69) is 19.7 Å². The maximum Gasteiger partial charge on any atom is 0.185 e. The second kappa shape index (κ2) is 8.10. The van der Waals surface area contributed by atoms with Gasteiger partial charge in [0.25, 0.3) is 0 Å². The van der Waals surface area contributed by atoms with Crippen LogP contribution in [0.5, 0.6) is 0 Å². The van der Waals surface area contributed by atoms with Crippen LogP contribution in [0, 0.1) is 5.82 Å².